The number of fused-ring (bicyclic) bond motifs is 6. The van der Waals surface area contributed by atoms with Gasteiger partial charge in [0.2, 0.25) is 5.69 Å². The smallest absolute Gasteiger partial charge is 0.210 e. The largest absolute Gasteiger partial charge is 0.344 e. The van der Waals surface area contributed by atoms with E-state index in [0.29, 0.717) is 0 Å². The highest BCUT2D eigenvalue weighted by Gasteiger charge is 2.45. The second-order valence-electron chi connectivity index (χ2n) is 13.4. The maximum Gasteiger partial charge on any atom is 0.210 e. The molecular weight excluding hydrogens is 544 g/mol. The summed E-state index contributed by atoms with van der Waals surface area (Å²) in [4.78, 5) is 2.52. The summed E-state index contributed by atoms with van der Waals surface area (Å²) in [5.74, 6) is 0. The van der Waals surface area contributed by atoms with Gasteiger partial charge in [0.25, 0.3) is 0 Å². The Kier molecular flexibility index (Phi) is 8.51. The van der Waals surface area contributed by atoms with Crippen molar-refractivity contribution in [1.29, 1.82) is 0 Å². The maximum absolute atomic E-state index is 2.52. The summed E-state index contributed by atoms with van der Waals surface area (Å²) < 4.78 is 2.52. The summed E-state index contributed by atoms with van der Waals surface area (Å²) in [5, 5.41) is 5.35. The van der Waals surface area contributed by atoms with Gasteiger partial charge in [0.1, 0.15) is 6.54 Å². The van der Waals surface area contributed by atoms with Gasteiger partial charge in [-0.1, -0.05) is 125 Å². The molecule has 2 aliphatic rings. The molecule has 0 bridgehead atoms. The molecular formula is C43H47N2+. The molecule has 0 aromatic heterocycles. The molecule has 45 heavy (non-hydrogen) atoms. The Morgan fingerprint density at radius 3 is 1.89 bits per heavy atom. The normalized spacial score (nSPS) is 18.3. The molecule has 2 nitrogen and oxygen atoms in total. The molecule has 4 aromatic rings. The van der Waals surface area contributed by atoms with Crippen molar-refractivity contribution in [3.05, 3.63) is 144 Å². The van der Waals surface area contributed by atoms with Crippen molar-refractivity contribution in [3.63, 3.8) is 0 Å². The van der Waals surface area contributed by atoms with E-state index in [-0.39, 0.29) is 10.8 Å². The van der Waals surface area contributed by atoms with Crippen molar-refractivity contribution in [2.24, 2.45) is 0 Å². The fourth-order valence-electron chi connectivity index (χ4n) is 7.61. The zero-order valence-corrected chi connectivity index (χ0v) is 27.8. The molecule has 0 saturated heterocycles. The van der Waals surface area contributed by atoms with E-state index in [1.807, 2.05) is 0 Å². The lowest BCUT2D eigenvalue weighted by Gasteiger charge is -2.26. The van der Waals surface area contributed by atoms with Crippen LogP contribution in [0.3, 0.4) is 0 Å². The van der Waals surface area contributed by atoms with E-state index in [1.165, 1.54) is 55.5 Å². The third-order valence-electron chi connectivity index (χ3n) is 9.58. The van der Waals surface area contributed by atoms with Crippen LogP contribution in [0.5, 0.6) is 0 Å². The molecule has 6 rings (SSSR count). The molecule has 0 unspecified atom stereocenters. The Balaban J connectivity index is 1.18. The summed E-state index contributed by atoms with van der Waals surface area (Å²) in [6.45, 7) is 16.0. The number of allylic oxidation sites excluding steroid dienone is 10. The number of hydrogen-bond acceptors (Lipinski definition) is 1. The van der Waals surface area contributed by atoms with E-state index >= 15 is 0 Å². The van der Waals surface area contributed by atoms with Gasteiger partial charge in [-0.3, -0.25) is 0 Å². The third kappa shape index (κ3) is 5.41. The Hall–Kier alpha value is -4.43. The second kappa shape index (κ2) is 12.5. The summed E-state index contributed by atoms with van der Waals surface area (Å²) in [6.07, 6.45) is 21.8. The lowest BCUT2D eigenvalue weighted by Crippen LogP contribution is -2.28. The van der Waals surface area contributed by atoms with Gasteiger partial charge >= 0.3 is 0 Å². The van der Waals surface area contributed by atoms with Gasteiger partial charge in [0.15, 0.2) is 5.71 Å². The standard InChI is InChI=1S/C43H47N2/c1-7-30-44-36-28-26-32-20-16-18-22-34(32)40(36)42(3,4)38(44)24-14-12-10-9-11-13-15-25-39-43(5,6)41-35-23-19-17-21-33(35)27-29-37(41)45(39)31-8-2/h9-29H,7-8,30-31H2,1-6H3/q+1. The molecule has 0 amide bonds. The van der Waals surface area contributed by atoms with Crippen LogP contribution in [0.15, 0.2) is 133 Å². The van der Waals surface area contributed by atoms with Crippen LogP contribution >= 0.6 is 0 Å². The van der Waals surface area contributed by atoms with Crippen LogP contribution in [0.2, 0.25) is 0 Å². The monoisotopic (exact) mass is 591 g/mol. The van der Waals surface area contributed by atoms with E-state index < -0.39 is 0 Å². The number of anilines is 1. The molecule has 0 fully saturated rings. The van der Waals surface area contributed by atoms with Crippen LogP contribution in [0.1, 0.15) is 65.5 Å². The predicted molar refractivity (Wildman–Crippen MR) is 196 cm³/mol. The van der Waals surface area contributed by atoms with Gasteiger partial charge in [-0.05, 0) is 65.6 Å². The lowest BCUT2D eigenvalue weighted by atomic mass is 9.79. The highest BCUT2D eigenvalue weighted by molar-refractivity contribution is 6.07. The van der Waals surface area contributed by atoms with E-state index in [4.69, 9.17) is 0 Å². The van der Waals surface area contributed by atoms with Crippen molar-refractivity contribution >= 4 is 38.6 Å². The minimum atomic E-state index is -0.0621. The highest BCUT2D eigenvalue weighted by atomic mass is 15.2. The first-order valence-corrected chi connectivity index (χ1v) is 16.7. The molecule has 2 heteroatoms. The number of hydrogen-bond donors (Lipinski definition) is 0. The molecule has 228 valence electrons. The summed E-state index contributed by atoms with van der Waals surface area (Å²) in [5.41, 5.74) is 8.18. The Morgan fingerprint density at radius 2 is 1.22 bits per heavy atom. The summed E-state index contributed by atoms with van der Waals surface area (Å²) in [6, 6.07) is 26.7. The van der Waals surface area contributed by atoms with Gasteiger partial charge in [0.05, 0.1) is 5.41 Å². The summed E-state index contributed by atoms with van der Waals surface area (Å²) >= 11 is 0. The van der Waals surface area contributed by atoms with Crippen molar-refractivity contribution < 1.29 is 4.58 Å². The average Bonchev–Trinajstić information content (AvgIpc) is 3.39. The molecule has 0 aliphatic carbocycles. The highest BCUT2D eigenvalue weighted by Crippen LogP contribution is 2.50. The fourth-order valence-corrected chi connectivity index (χ4v) is 7.61. The first-order valence-electron chi connectivity index (χ1n) is 16.7. The van der Waals surface area contributed by atoms with Crippen molar-refractivity contribution in [1.82, 2.24) is 0 Å². The van der Waals surface area contributed by atoms with Gasteiger partial charge in [-0.25, -0.2) is 0 Å². The minimum absolute atomic E-state index is 0.0621. The SMILES string of the molecule is CCCN1/C(=C/C=C/C=C/C=C/C=C/C2=[N+](CCC)c3ccc4ccccc4c3C2(C)C)C(C)(C)c2c1ccc1ccccc21. The fraction of sp³-hybridized carbons (Fsp3) is 0.279. The molecule has 4 aromatic carbocycles. The molecule has 0 N–H and O–H groups in total. The Bertz CT molecular complexity index is 1920. The summed E-state index contributed by atoms with van der Waals surface area (Å²) in [7, 11) is 0. The van der Waals surface area contributed by atoms with Crippen LogP contribution in [0.4, 0.5) is 11.4 Å². The van der Waals surface area contributed by atoms with Crippen LogP contribution in [0, 0.1) is 0 Å². The van der Waals surface area contributed by atoms with E-state index in [1.54, 1.807) is 0 Å². The van der Waals surface area contributed by atoms with Crippen LogP contribution < -0.4 is 4.90 Å². The van der Waals surface area contributed by atoms with Crippen molar-refractivity contribution in [3.8, 4) is 0 Å². The molecule has 2 heterocycles. The van der Waals surface area contributed by atoms with Gasteiger partial charge in [-0.15, -0.1) is 0 Å². The van der Waals surface area contributed by atoms with Gasteiger partial charge in [0, 0.05) is 47.5 Å². The Labute approximate surface area is 270 Å². The van der Waals surface area contributed by atoms with Crippen LogP contribution in [0.25, 0.3) is 21.5 Å². The van der Waals surface area contributed by atoms with Crippen LogP contribution in [-0.2, 0) is 10.8 Å². The minimum Gasteiger partial charge on any atom is -0.344 e. The molecule has 2 aliphatic heterocycles. The second-order valence-corrected chi connectivity index (χ2v) is 13.4. The maximum atomic E-state index is 2.52. The average molecular weight is 592 g/mol. The molecule has 0 atom stereocenters. The zero-order chi connectivity index (χ0) is 31.6. The van der Waals surface area contributed by atoms with Crippen LogP contribution in [-0.4, -0.2) is 23.4 Å². The Morgan fingerprint density at radius 1 is 0.622 bits per heavy atom. The van der Waals surface area contributed by atoms with E-state index in [0.717, 1.165) is 25.9 Å². The number of rotatable bonds is 9. The van der Waals surface area contributed by atoms with Gasteiger partial charge < -0.3 is 4.90 Å². The quantitative estimate of drug-likeness (QED) is 0.139. The first-order chi connectivity index (χ1) is 21.8. The van der Waals surface area contributed by atoms with Crippen molar-refractivity contribution in [2.75, 3.05) is 18.0 Å². The third-order valence-corrected chi connectivity index (χ3v) is 9.58. The first kappa shape index (κ1) is 30.6. The van der Waals surface area contributed by atoms with Crippen molar-refractivity contribution in [2.45, 2.75) is 65.2 Å². The molecule has 0 spiro atoms. The van der Waals surface area contributed by atoms with E-state index in [9.17, 15) is 0 Å². The molecule has 0 radical (unpaired) electrons. The predicted octanol–water partition coefficient (Wildman–Crippen LogP) is 11.1. The van der Waals surface area contributed by atoms with E-state index in [2.05, 4.69) is 178 Å². The lowest BCUT2D eigenvalue weighted by molar-refractivity contribution is -0.437. The zero-order valence-electron chi connectivity index (χ0n) is 27.8. The van der Waals surface area contributed by atoms with Gasteiger partial charge in [-0.2, -0.15) is 4.58 Å². The topological polar surface area (TPSA) is 6.25 Å². The molecule has 0 saturated carbocycles. The number of benzene rings is 4. The number of nitrogens with zero attached hydrogens (tertiary/aromatic N) is 2.